The van der Waals surface area contributed by atoms with Crippen molar-refractivity contribution in [1.82, 2.24) is 0 Å². The molecule has 0 aliphatic rings. The van der Waals surface area contributed by atoms with Crippen molar-refractivity contribution in [3.05, 3.63) is 59.9 Å². The number of rotatable bonds is 13. The van der Waals surface area contributed by atoms with Crippen molar-refractivity contribution < 1.29 is 27.2 Å². The molecule has 0 radical (unpaired) electrons. The highest BCUT2D eigenvalue weighted by Crippen LogP contribution is 2.16. The van der Waals surface area contributed by atoms with E-state index in [0.29, 0.717) is 13.1 Å². The Labute approximate surface area is 193 Å². The zero-order chi connectivity index (χ0) is 20.0. The van der Waals surface area contributed by atoms with E-state index in [1.807, 2.05) is 17.0 Å². The molecule has 0 fully saturated rings. The summed E-state index contributed by atoms with van der Waals surface area (Å²) in [5.74, 6) is 0. The van der Waals surface area contributed by atoms with Crippen LogP contribution in [0, 0.1) is 0 Å². The largest absolute Gasteiger partial charge is 1.00 e. The van der Waals surface area contributed by atoms with Gasteiger partial charge in [-0.25, -0.2) is 4.57 Å². The van der Waals surface area contributed by atoms with Crippen molar-refractivity contribution in [2.75, 3.05) is 37.7 Å². The first-order chi connectivity index (χ1) is 13.8. The first-order valence-corrected chi connectivity index (χ1v) is 10.2. The molecule has 0 saturated heterocycles. The van der Waals surface area contributed by atoms with Crippen molar-refractivity contribution >= 4 is 30.2 Å². The zero-order valence-electron chi connectivity index (χ0n) is 17.5. The maximum atomic E-state index is 9.15. The minimum atomic E-state index is 0. The number of aliphatic hydroxyl groups excluding tert-OH is 2. The third kappa shape index (κ3) is 10.4. The van der Waals surface area contributed by atoms with Crippen LogP contribution < -0.4 is 27.6 Å². The third-order valence-electron chi connectivity index (χ3n) is 4.75. The molecule has 0 bridgehead atoms. The smallest absolute Gasteiger partial charge is 0.169 e. The van der Waals surface area contributed by atoms with Crippen LogP contribution in [-0.2, 0) is 6.54 Å². The maximum absolute atomic E-state index is 9.15. The number of aliphatic hydroxyl groups is 2. The molecule has 2 aromatic rings. The van der Waals surface area contributed by atoms with E-state index in [1.165, 1.54) is 24.8 Å². The van der Waals surface area contributed by atoms with Crippen LogP contribution in [0.1, 0.15) is 36.8 Å². The second-order valence-corrected chi connectivity index (χ2v) is 6.93. The van der Waals surface area contributed by atoms with Crippen LogP contribution in [0.3, 0.4) is 0 Å². The Morgan fingerprint density at radius 2 is 1.33 bits per heavy atom. The molecule has 1 aromatic carbocycles. The van der Waals surface area contributed by atoms with Gasteiger partial charge in [-0.2, -0.15) is 0 Å². The lowest BCUT2D eigenvalue weighted by atomic mass is 10.1. The van der Waals surface area contributed by atoms with Crippen LogP contribution in [0.5, 0.6) is 0 Å². The number of unbranched alkanes of at least 4 members (excludes halogenated alkanes) is 3. The summed E-state index contributed by atoms with van der Waals surface area (Å²) in [6.45, 7) is 3.03. The number of benzene rings is 1. The Bertz CT molecular complexity index is 689. The van der Waals surface area contributed by atoms with Crippen molar-refractivity contribution in [2.45, 2.75) is 32.2 Å². The Morgan fingerprint density at radius 3 is 1.87 bits per heavy atom. The van der Waals surface area contributed by atoms with Crippen LogP contribution in [-0.4, -0.2) is 43.1 Å². The van der Waals surface area contributed by atoms with Crippen molar-refractivity contribution in [3.63, 3.8) is 0 Å². The van der Waals surface area contributed by atoms with Crippen molar-refractivity contribution in [3.8, 4) is 0 Å². The normalized spacial score (nSPS) is 10.5. The van der Waals surface area contributed by atoms with Crippen molar-refractivity contribution in [1.29, 1.82) is 0 Å². The molecule has 0 aliphatic heterocycles. The molecule has 0 saturated carbocycles. The third-order valence-corrected chi connectivity index (χ3v) is 4.75. The van der Waals surface area contributed by atoms with Crippen LogP contribution >= 0.6 is 12.4 Å². The van der Waals surface area contributed by atoms with Gasteiger partial charge in [0.15, 0.2) is 12.4 Å². The first-order valence-electron chi connectivity index (χ1n) is 10.2. The standard InChI is InChI=1S/C23H34N3O2.2ClH/c24-13-3-1-2-4-14-25-15-11-22(12-16-25)6-5-21-7-9-23(10-8-21)26(17-19-27)18-20-28;;/h5-12,15-16,27-28H,1-4,13-14,17-20,24H2;2*1H/q+1;;/p-1. The molecule has 7 heteroatoms. The number of halogens is 2. The minimum absolute atomic E-state index is 0. The van der Waals surface area contributed by atoms with Gasteiger partial charge in [0.1, 0.15) is 6.54 Å². The predicted octanol–water partition coefficient (Wildman–Crippen LogP) is -0.120. The average Bonchev–Trinajstić information content (AvgIpc) is 2.73. The van der Waals surface area contributed by atoms with Gasteiger partial charge >= 0.3 is 0 Å². The van der Waals surface area contributed by atoms with E-state index in [9.17, 15) is 0 Å². The summed E-state index contributed by atoms with van der Waals surface area (Å²) in [6, 6.07) is 12.4. The van der Waals surface area contributed by atoms with Crippen LogP contribution in [0.2, 0.25) is 0 Å². The number of nitrogens with zero attached hydrogens (tertiary/aromatic N) is 2. The van der Waals surface area contributed by atoms with Crippen LogP contribution in [0.15, 0.2) is 48.8 Å². The Kier molecular flexibility index (Phi) is 16.2. The fourth-order valence-corrected chi connectivity index (χ4v) is 3.12. The van der Waals surface area contributed by atoms with Gasteiger partial charge < -0.3 is 33.3 Å². The van der Waals surface area contributed by atoms with E-state index in [0.717, 1.165) is 30.8 Å². The lowest BCUT2D eigenvalue weighted by molar-refractivity contribution is -0.697. The van der Waals surface area contributed by atoms with Gasteiger partial charge in [-0.1, -0.05) is 30.7 Å². The molecule has 0 amide bonds. The highest BCUT2D eigenvalue weighted by molar-refractivity contribution is 5.85. The Morgan fingerprint density at radius 1 is 0.800 bits per heavy atom. The van der Waals surface area contributed by atoms with Gasteiger partial charge in [0, 0.05) is 37.3 Å². The molecule has 1 heterocycles. The van der Waals surface area contributed by atoms with Gasteiger partial charge in [-0.15, -0.1) is 12.4 Å². The van der Waals surface area contributed by atoms with Crippen molar-refractivity contribution in [2.24, 2.45) is 5.73 Å². The summed E-state index contributed by atoms with van der Waals surface area (Å²) in [5, 5.41) is 18.3. The summed E-state index contributed by atoms with van der Waals surface area (Å²) in [7, 11) is 0. The lowest BCUT2D eigenvalue weighted by Crippen LogP contribution is -3.00. The van der Waals surface area contributed by atoms with E-state index < -0.39 is 0 Å². The predicted molar refractivity (Wildman–Crippen MR) is 123 cm³/mol. The van der Waals surface area contributed by atoms with Crippen LogP contribution in [0.4, 0.5) is 5.69 Å². The fourth-order valence-electron chi connectivity index (χ4n) is 3.12. The van der Waals surface area contributed by atoms with E-state index in [-0.39, 0.29) is 38.0 Å². The molecule has 0 spiro atoms. The number of aryl methyl sites for hydroxylation is 1. The zero-order valence-corrected chi connectivity index (χ0v) is 19.1. The summed E-state index contributed by atoms with van der Waals surface area (Å²) in [5.41, 5.74) is 8.82. The monoisotopic (exact) mass is 455 g/mol. The maximum Gasteiger partial charge on any atom is 0.169 e. The molecular weight excluding hydrogens is 421 g/mol. The number of hydrogen-bond acceptors (Lipinski definition) is 4. The second kappa shape index (κ2) is 17.1. The highest BCUT2D eigenvalue weighted by Gasteiger charge is 2.04. The van der Waals surface area contributed by atoms with E-state index in [4.69, 9.17) is 15.9 Å². The molecular formula is C23H35Cl2N3O2. The summed E-state index contributed by atoms with van der Waals surface area (Å²) >= 11 is 0. The van der Waals surface area contributed by atoms with Gasteiger partial charge in [0.2, 0.25) is 0 Å². The molecule has 0 atom stereocenters. The molecule has 2 rings (SSSR count). The average molecular weight is 456 g/mol. The highest BCUT2D eigenvalue weighted by atomic mass is 35.5. The second-order valence-electron chi connectivity index (χ2n) is 6.93. The Balaban J connectivity index is 0.00000420. The molecule has 5 nitrogen and oxygen atoms in total. The summed E-state index contributed by atoms with van der Waals surface area (Å²) in [6.07, 6.45) is 13.2. The molecule has 0 unspecified atom stereocenters. The van der Waals surface area contributed by atoms with E-state index in [1.54, 1.807) is 0 Å². The van der Waals surface area contributed by atoms with E-state index in [2.05, 4.69) is 53.4 Å². The SMILES string of the molecule is Cl.NCCCCCC[n+]1ccc(/C=C/c2ccc(N(CCO)CCO)cc2)cc1.[Cl-]. The first kappa shape index (κ1) is 28.4. The summed E-state index contributed by atoms with van der Waals surface area (Å²) in [4.78, 5) is 1.97. The Hall–Kier alpha value is -1.63. The van der Waals surface area contributed by atoms with Crippen LogP contribution in [0.25, 0.3) is 12.2 Å². The van der Waals surface area contributed by atoms with E-state index >= 15 is 0 Å². The van der Waals surface area contributed by atoms with Gasteiger partial charge in [0.05, 0.1) is 13.2 Å². The molecule has 168 valence electrons. The number of nitrogens with two attached hydrogens (primary N) is 1. The number of hydrogen-bond donors (Lipinski definition) is 3. The molecule has 4 N–H and O–H groups in total. The van der Waals surface area contributed by atoms with Gasteiger partial charge in [0.25, 0.3) is 0 Å². The molecule has 30 heavy (non-hydrogen) atoms. The minimum Gasteiger partial charge on any atom is -1.00 e. The number of pyridine rings is 1. The number of aromatic nitrogens is 1. The molecule has 0 aliphatic carbocycles. The fraction of sp³-hybridized carbons (Fsp3) is 0.435. The quantitative estimate of drug-likeness (QED) is 0.290. The lowest BCUT2D eigenvalue weighted by Gasteiger charge is -2.22. The molecule has 1 aromatic heterocycles. The summed E-state index contributed by atoms with van der Waals surface area (Å²) < 4.78 is 2.23. The van der Waals surface area contributed by atoms with Gasteiger partial charge in [-0.05, 0) is 42.6 Å². The van der Waals surface area contributed by atoms with Gasteiger partial charge in [-0.3, -0.25) is 0 Å². The number of anilines is 1. The topological polar surface area (TPSA) is 73.6 Å².